The minimum Gasteiger partial charge on any atom is -0.463 e. The number of carbonyl (C=O) groups excluding carboxylic acids is 1. The Hall–Kier alpha value is -0.730. The highest BCUT2D eigenvalue weighted by atomic mass is 16.7. The van der Waals surface area contributed by atoms with Gasteiger partial charge in [0.1, 0.15) is 31.0 Å². The molecule has 0 aliphatic carbocycles. The molecule has 1 unspecified atom stereocenters. The standard InChI is InChI=1S/C20H38O7/c1-3-5-7-8-9-10-11-12-16(21)26-14-15-17(22)18(23)19(24)20(27-15)25-13-6-4-2/h15,17-20,22-24H,3-14H2,1-2H3/t15-,17-,18+,19-,20?/m1/s1. The lowest BCUT2D eigenvalue weighted by Crippen LogP contribution is -2.59. The lowest BCUT2D eigenvalue weighted by molar-refractivity contribution is -0.301. The number of aliphatic hydroxyl groups is 3. The fourth-order valence-electron chi connectivity index (χ4n) is 3.01. The van der Waals surface area contributed by atoms with E-state index in [1.165, 1.54) is 25.7 Å². The summed E-state index contributed by atoms with van der Waals surface area (Å²) in [5, 5.41) is 30.0. The molecule has 1 saturated heterocycles. The number of carbonyl (C=O) groups is 1. The summed E-state index contributed by atoms with van der Waals surface area (Å²) in [6.07, 6.45) is 3.84. The van der Waals surface area contributed by atoms with Crippen LogP contribution in [0.3, 0.4) is 0 Å². The summed E-state index contributed by atoms with van der Waals surface area (Å²) in [6.45, 7) is 4.40. The van der Waals surface area contributed by atoms with Crippen molar-refractivity contribution in [2.75, 3.05) is 13.2 Å². The van der Waals surface area contributed by atoms with Crippen molar-refractivity contribution in [1.82, 2.24) is 0 Å². The van der Waals surface area contributed by atoms with Crippen LogP contribution in [-0.4, -0.2) is 65.2 Å². The molecule has 1 aliphatic heterocycles. The van der Waals surface area contributed by atoms with E-state index < -0.39 is 30.7 Å². The summed E-state index contributed by atoms with van der Waals surface area (Å²) in [5.74, 6) is -0.344. The van der Waals surface area contributed by atoms with Crippen molar-refractivity contribution in [2.45, 2.75) is 109 Å². The van der Waals surface area contributed by atoms with Crippen molar-refractivity contribution in [3.63, 3.8) is 0 Å². The van der Waals surface area contributed by atoms with Crippen molar-refractivity contribution >= 4 is 5.97 Å². The van der Waals surface area contributed by atoms with E-state index in [4.69, 9.17) is 14.2 Å². The molecule has 27 heavy (non-hydrogen) atoms. The quantitative estimate of drug-likeness (QED) is 0.309. The van der Waals surface area contributed by atoms with E-state index in [2.05, 4.69) is 6.92 Å². The van der Waals surface area contributed by atoms with Crippen molar-refractivity contribution < 1.29 is 34.3 Å². The first-order valence-corrected chi connectivity index (χ1v) is 10.5. The van der Waals surface area contributed by atoms with E-state index in [-0.39, 0.29) is 12.6 Å². The van der Waals surface area contributed by atoms with Gasteiger partial charge in [0.15, 0.2) is 6.29 Å². The number of unbranched alkanes of at least 4 members (excludes halogenated alkanes) is 7. The average Bonchev–Trinajstić information content (AvgIpc) is 2.66. The van der Waals surface area contributed by atoms with Crippen LogP contribution in [0.25, 0.3) is 0 Å². The van der Waals surface area contributed by atoms with Gasteiger partial charge < -0.3 is 29.5 Å². The molecule has 160 valence electrons. The Labute approximate surface area is 163 Å². The first kappa shape index (κ1) is 24.3. The topological polar surface area (TPSA) is 105 Å². The van der Waals surface area contributed by atoms with Gasteiger partial charge in [0.2, 0.25) is 0 Å². The molecule has 0 radical (unpaired) electrons. The van der Waals surface area contributed by atoms with Crippen LogP contribution in [0.2, 0.25) is 0 Å². The maximum Gasteiger partial charge on any atom is 0.305 e. The van der Waals surface area contributed by atoms with E-state index in [9.17, 15) is 20.1 Å². The summed E-state index contributed by atoms with van der Waals surface area (Å²) in [6, 6.07) is 0. The molecule has 0 saturated carbocycles. The lowest BCUT2D eigenvalue weighted by Gasteiger charge is -2.39. The zero-order valence-electron chi connectivity index (χ0n) is 16.8. The van der Waals surface area contributed by atoms with Crippen molar-refractivity contribution in [3.05, 3.63) is 0 Å². The third-order valence-electron chi connectivity index (χ3n) is 4.84. The molecule has 0 spiro atoms. The second kappa shape index (κ2) is 14.3. The van der Waals surface area contributed by atoms with Gasteiger partial charge in [-0.15, -0.1) is 0 Å². The van der Waals surface area contributed by atoms with Crippen LogP contribution in [0.5, 0.6) is 0 Å². The van der Waals surface area contributed by atoms with Gasteiger partial charge in [0.25, 0.3) is 0 Å². The molecule has 0 aromatic heterocycles. The Morgan fingerprint density at radius 1 is 0.852 bits per heavy atom. The van der Waals surface area contributed by atoms with Crippen LogP contribution in [0.15, 0.2) is 0 Å². The molecule has 7 nitrogen and oxygen atoms in total. The van der Waals surface area contributed by atoms with Gasteiger partial charge in [0.05, 0.1) is 0 Å². The van der Waals surface area contributed by atoms with Gasteiger partial charge in [0, 0.05) is 13.0 Å². The monoisotopic (exact) mass is 390 g/mol. The predicted octanol–water partition coefficient (Wildman–Crippen LogP) is 2.29. The van der Waals surface area contributed by atoms with Gasteiger partial charge in [-0.2, -0.15) is 0 Å². The Kier molecular flexibility index (Phi) is 12.9. The molecule has 1 heterocycles. The first-order chi connectivity index (χ1) is 13.0. The van der Waals surface area contributed by atoms with Gasteiger partial charge in [-0.05, 0) is 12.8 Å². The highest BCUT2D eigenvalue weighted by Crippen LogP contribution is 2.23. The second-order valence-corrected chi connectivity index (χ2v) is 7.29. The summed E-state index contributed by atoms with van der Waals surface area (Å²) in [4.78, 5) is 11.9. The molecule has 3 N–H and O–H groups in total. The molecule has 1 rings (SSSR count). The fraction of sp³-hybridized carbons (Fsp3) is 0.950. The van der Waals surface area contributed by atoms with Crippen LogP contribution < -0.4 is 0 Å². The Balaban J connectivity index is 2.27. The number of hydrogen-bond donors (Lipinski definition) is 3. The summed E-state index contributed by atoms with van der Waals surface area (Å²) < 4.78 is 16.1. The number of hydrogen-bond acceptors (Lipinski definition) is 7. The van der Waals surface area contributed by atoms with Crippen molar-refractivity contribution in [3.8, 4) is 0 Å². The minimum absolute atomic E-state index is 0.173. The van der Waals surface area contributed by atoms with Gasteiger partial charge in [-0.1, -0.05) is 58.8 Å². The average molecular weight is 391 g/mol. The summed E-state index contributed by atoms with van der Waals surface area (Å²) in [5.41, 5.74) is 0. The first-order valence-electron chi connectivity index (χ1n) is 10.5. The molecular formula is C20H38O7. The maximum atomic E-state index is 11.9. The zero-order chi connectivity index (χ0) is 20.1. The Morgan fingerprint density at radius 3 is 2.15 bits per heavy atom. The number of esters is 1. The highest BCUT2D eigenvalue weighted by molar-refractivity contribution is 5.69. The zero-order valence-corrected chi connectivity index (χ0v) is 16.8. The fourth-order valence-corrected chi connectivity index (χ4v) is 3.01. The largest absolute Gasteiger partial charge is 0.463 e. The molecule has 0 aromatic carbocycles. The number of aliphatic hydroxyl groups excluding tert-OH is 3. The smallest absolute Gasteiger partial charge is 0.305 e. The van der Waals surface area contributed by atoms with E-state index in [0.29, 0.717) is 13.0 Å². The molecule has 1 aliphatic rings. The maximum absolute atomic E-state index is 11.9. The van der Waals surface area contributed by atoms with Crippen LogP contribution in [0.1, 0.15) is 78.1 Å². The lowest BCUT2D eigenvalue weighted by atomic mass is 9.99. The van der Waals surface area contributed by atoms with Crippen molar-refractivity contribution in [1.29, 1.82) is 0 Å². The van der Waals surface area contributed by atoms with Crippen LogP contribution in [-0.2, 0) is 19.0 Å². The van der Waals surface area contributed by atoms with Gasteiger partial charge in [-0.25, -0.2) is 0 Å². The van der Waals surface area contributed by atoms with E-state index in [0.717, 1.165) is 32.1 Å². The van der Waals surface area contributed by atoms with Gasteiger partial charge >= 0.3 is 5.97 Å². The van der Waals surface area contributed by atoms with E-state index in [1.807, 2.05) is 6.92 Å². The van der Waals surface area contributed by atoms with E-state index in [1.54, 1.807) is 0 Å². The van der Waals surface area contributed by atoms with Crippen LogP contribution >= 0.6 is 0 Å². The molecule has 0 aromatic rings. The molecule has 7 heteroatoms. The number of ether oxygens (including phenoxy) is 3. The third-order valence-corrected chi connectivity index (χ3v) is 4.84. The Morgan fingerprint density at radius 2 is 1.48 bits per heavy atom. The molecule has 1 fully saturated rings. The highest BCUT2D eigenvalue weighted by Gasteiger charge is 2.44. The third kappa shape index (κ3) is 9.34. The Bertz CT molecular complexity index is 391. The summed E-state index contributed by atoms with van der Waals surface area (Å²) in [7, 11) is 0. The predicted molar refractivity (Wildman–Crippen MR) is 101 cm³/mol. The molecule has 5 atom stereocenters. The summed E-state index contributed by atoms with van der Waals surface area (Å²) >= 11 is 0. The molecular weight excluding hydrogens is 352 g/mol. The van der Waals surface area contributed by atoms with Crippen LogP contribution in [0, 0.1) is 0 Å². The SMILES string of the molecule is CCCCCCCCCC(=O)OC[C@H]1OC(OCCCC)[C@H](O)[C@@H](O)[C@@H]1O. The van der Waals surface area contributed by atoms with E-state index >= 15 is 0 Å². The van der Waals surface area contributed by atoms with Gasteiger partial charge in [-0.3, -0.25) is 4.79 Å². The minimum atomic E-state index is -1.41. The second-order valence-electron chi connectivity index (χ2n) is 7.29. The molecule has 0 amide bonds. The normalized spacial score (nSPS) is 28.3. The van der Waals surface area contributed by atoms with Crippen molar-refractivity contribution in [2.24, 2.45) is 0 Å². The molecule has 0 bridgehead atoms. The van der Waals surface area contributed by atoms with Crippen LogP contribution in [0.4, 0.5) is 0 Å². The number of rotatable bonds is 14.